The zero-order chi connectivity index (χ0) is 28.0. The minimum Gasteiger partial charge on any atom is -0.419 e. The summed E-state index contributed by atoms with van der Waals surface area (Å²) < 4.78 is 6.19. The molecule has 7 nitrogen and oxygen atoms in total. The van der Waals surface area contributed by atoms with Gasteiger partial charge in [-0.2, -0.15) is 0 Å². The second-order valence-electron chi connectivity index (χ2n) is 9.87. The van der Waals surface area contributed by atoms with Crippen LogP contribution in [-0.4, -0.2) is 33.0 Å². The van der Waals surface area contributed by atoms with Crippen molar-refractivity contribution < 1.29 is 9.21 Å². The third-order valence-corrected chi connectivity index (χ3v) is 7.50. The second-order valence-corrected chi connectivity index (χ2v) is 10.8. The Hall–Kier alpha value is -4.40. The van der Waals surface area contributed by atoms with Crippen LogP contribution in [0.1, 0.15) is 44.5 Å². The maximum atomic E-state index is 13.2. The highest BCUT2D eigenvalue weighted by Crippen LogP contribution is 2.30. The number of hydrogen-bond donors (Lipinski definition) is 1. The Bertz CT molecular complexity index is 1600. The number of thiazole rings is 1. The molecule has 0 fully saturated rings. The predicted octanol–water partition coefficient (Wildman–Crippen LogP) is 6.27. The molecule has 0 spiro atoms. The van der Waals surface area contributed by atoms with Crippen LogP contribution in [0.15, 0.2) is 101 Å². The van der Waals surface area contributed by atoms with Crippen molar-refractivity contribution in [1.29, 1.82) is 0 Å². The standard InChI is InChI=1S/C32H31N5O2S/c1-23-22-40-28(34-23)21-37(2)30(38)27-17-9-16-26(19-27)29-35-36-31(39-29)32(33,20-25-13-7-4-8-14-25)18-10-15-24-11-5-3-6-12-24/h3-17,19,22H,18,20-21,33H2,1-2H3/b15-10+. The van der Waals surface area contributed by atoms with Gasteiger partial charge >= 0.3 is 0 Å². The molecule has 0 aliphatic rings. The Kier molecular flexibility index (Phi) is 8.28. The van der Waals surface area contributed by atoms with E-state index in [1.54, 1.807) is 35.4 Å². The Morgan fingerprint density at radius 2 is 1.77 bits per heavy atom. The highest BCUT2D eigenvalue weighted by atomic mass is 32.1. The molecule has 0 aliphatic heterocycles. The largest absolute Gasteiger partial charge is 0.419 e. The molecule has 202 valence electrons. The number of rotatable bonds is 10. The molecular weight excluding hydrogens is 518 g/mol. The Morgan fingerprint density at radius 3 is 2.50 bits per heavy atom. The van der Waals surface area contributed by atoms with Gasteiger partial charge < -0.3 is 15.1 Å². The summed E-state index contributed by atoms with van der Waals surface area (Å²) in [7, 11) is 1.77. The molecule has 0 bridgehead atoms. The van der Waals surface area contributed by atoms with Crippen molar-refractivity contribution in [3.63, 3.8) is 0 Å². The Morgan fingerprint density at radius 1 is 1.02 bits per heavy atom. The van der Waals surface area contributed by atoms with Gasteiger partial charge in [0, 0.05) is 29.2 Å². The molecule has 0 aliphatic carbocycles. The molecule has 0 saturated carbocycles. The molecule has 40 heavy (non-hydrogen) atoms. The highest BCUT2D eigenvalue weighted by molar-refractivity contribution is 7.09. The normalized spacial score (nSPS) is 12.9. The van der Waals surface area contributed by atoms with Gasteiger partial charge in [0.1, 0.15) is 10.5 Å². The van der Waals surface area contributed by atoms with Crippen molar-refractivity contribution in [2.24, 2.45) is 5.73 Å². The first-order chi connectivity index (χ1) is 19.4. The number of carbonyl (C=O) groups is 1. The fourth-order valence-corrected chi connectivity index (χ4v) is 5.29. The fraction of sp³-hybridized carbons (Fsp3) is 0.188. The van der Waals surface area contributed by atoms with Crippen molar-refractivity contribution in [3.8, 4) is 11.5 Å². The smallest absolute Gasteiger partial charge is 0.253 e. The lowest BCUT2D eigenvalue weighted by Gasteiger charge is -2.24. The van der Waals surface area contributed by atoms with Gasteiger partial charge in [0.2, 0.25) is 11.8 Å². The fourth-order valence-electron chi connectivity index (χ4n) is 4.46. The first-order valence-electron chi connectivity index (χ1n) is 13.0. The number of amides is 1. The summed E-state index contributed by atoms with van der Waals surface area (Å²) >= 11 is 1.55. The van der Waals surface area contributed by atoms with E-state index in [-0.39, 0.29) is 5.91 Å². The zero-order valence-electron chi connectivity index (χ0n) is 22.5. The van der Waals surface area contributed by atoms with E-state index in [0.29, 0.717) is 42.3 Å². The number of nitrogens with zero attached hydrogens (tertiary/aromatic N) is 4. The lowest BCUT2D eigenvalue weighted by Crippen LogP contribution is -2.39. The quantitative estimate of drug-likeness (QED) is 0.220. The molecule has 5 aromatic rings. The van der Waals surface area contributed by atoms with Gasteiger partial charge in [-0.3, -0.25) is 4.79 Å². The lowest BCUT2D eigenvalue weighted by atomic mass is 9.88. The average molecular weight is 550 g/mol. The molecule has 0 radical (unpaired) electrons. The average Bonchev–Trinajstić information content (AvgIpc) is 3.64. The molecule has 3 aromatic carbocycles. The van der Waals surface area contributed by atoms with Crippen molar-refractivity contribution in [2.45, 2.75) is 31.8 Å². The van der Waals surface area contributed by atoms with Crippen LogP contribution >= 0.6 is 11.3 Å². The predicted molar refractivity (Wildman–Crippen MR) is 158 cm³/mol. The summed E-state index contributed by atoms with van der Waals surface area (Å²) in [6.45, 7) is 2.39. The zero-order valence-corrected chi connectivity index (χ0v) is 23.3. The minimum absolute atomic E-state index is 0.113. The van der Waals surface area contributed by atoms with E-state index >= 15 is 0 Å². The first kappa shape index (κ1) is 27.2. The van der Waals surface area contributed by atoms with E-state index in [0.717, 1.165) is 21.8 Å². The van der Waals surface area contributed by atoms with Gasteiger partial charge in [-0.25, -0.2) is 4.98 Å². The van der Waals surface area contributed by atoms with Gasteiger partial charge in [0.25, 0.3) is 5.91 Å². The van der Waals surface area contributed by atoms with Crippen LogP contribution in [0.25, 0.3) is 17.5 Å². The van der Waals surface area contributed by atoms with Gasteiger partial charge in [0.15, 0.2) is 0 Å². The van der Waals surface area contributed by atoms with Crippen LogP contribution in [0.2, 0.25) is 0 Å². The van der Waals surface area contributed by atoms with E-state index in [1.807, 2.05) is 97.3 Å². The summed E-state index contributed by atoms with van der Waals surface area (Å²) in [6.07, 6.45) is 5.11. The second kappa shape index (κ2) is 12.2. The summed E-state index contributed by atoms with van der Waals surface area (Å²) in [4.78, 5) is 19.3. The molecule has 2 aromatic heterocycles. The third kappa shape index (κ3) is 6.59. The summed E-state index contributed by atoms with van der Waals surface area (Å²) in [5, 5.41) is 11.6. The van der Waals surface area contributed by atoms with Crippen molar-refractivity contribution in [1.82, 2.24) is 20.1 Å². The topological polar surface area (TPSA) is 98.1 Å². The molecule has 8 heteroatoms. The number of aromatic nitrogens is 3. The van der Waals surface area contributed by atoms with Gasteiger partial charge in [-0.1, -0.05) is 78.9 Å². The Labute approximate surface area is 238 Å². The molecule has 1 unspecified atom stereocenters. The van der Waals surface area contributed by atoms with E-state index in [2.05, 4.69) is 15.2 Å². The van der Waals surface area contributed by atoms with Crippen LogP contribution in [0.4, 0.5) is 0 Å². The van der Waals surface area contributed by atoms with Gasteiger partial charge in [-0.05, 0) is 49.1 Å². The van der Waals surface area contributed by atoms with Crippen molar-refractivity contribution >= 4 is 23.3 Å². The van der Waals surface area contributed by atoms with E-state index < -0.39 is 5.54 Å². The van der Waals surface area contributed by atoms with Crippen LogP contribution in [0.3, 0.4) is 0 Å². The number of nitrogens with two attached hydrogens (primary N) is 1. The van der Waals surface area contributed by atoms with Crippen LogP contribution in [0.5, 0.6) is 0 Å². The monoisotopic (exact) mass is 549 g/mol. The molecule has 2 heterocycles. The molecule has 2 N–H and O–H groups in total. The van der Waals surface area contributed by atoms with Crippen molar-refractivity contribution in [3.05, 3.63) is 130 Å². The summed E-state index contributed by atoms with van der Waals surface area (Å²) in [5.74, 6) is 0.549. The maximum Gasteiger partial charge on any atom is 0.253 e. The number of benzene rings is 3. The van der Waals surface area contributed by atoms with Crippen LogP contribution in [-0.2, 0) is 18.5 Å². The van der Waals surface area contributed by atoms with E-state index in [9.17, 15) is 4.79 Å². The molecular formula is C32H31N5O2S. The van der Waals surface area contributed by atoms with E-state index in [1.165, 1.54) is 0 Å². The third-order valence-electron chi connectivity index (χ3n) is 6.55. The maximum absolute atomic E-state index is 13.2. The Balaban J connectivity index is 1.38. The number of carbonyl (C=O) groups excluding carboxylic acids is 1. The highest BCUT2D eigenvalue weighted by Gasteiger charge is 2.33. The molecule has 0 saturated heterocycles. The molecule has 5 rings (SSSR count). The van der Waals surface area contributed by atoms with E-state index in [4.69, 9.17) is 10.2 Å². The minimum atomic E-state index is -0.919. The van der Waals surface area contributed by atoms with Gasteiger partial charge in [-0.15, -0.1) is 21.5 Å². The summed E-state index contributed by atoms with van der Waals surface area (Å²) in [6, 6.07) is 27.3. The first-order valence-corrected chi connectivity index (χ1v) is 13.9. The summed E-state index contributed by atoms with van der Waals surface area (Å²) in [5.41, 5.74) is 10.4. The van der Waals surface area contributed by atoms with Crippen LogP contribution < -0.4 is 5.73 Å². The van der Waals surface area contributed by atoms with Crippen LogP contribution in [0, 0.1) is 6.92 Å². The molecule has 1 atom stereocenters. The number of aryl methyl sites for hydroxylation is 1. The SMILES string of the molecule is Cc1csc(CN(C)C(=O)c2cccc(-c3nnc(C(N)(C/C=C/c4ccccc4)Cc4ccccc4)o3)c2)n1. The van der Waals surface area contributed by atoms with Gasteiger partial charge in [0.05, 0.1) is 6.54 Å². The molecule has 1 amide bonds. The number of hydrogen-bond acceptors (Lipinski definition) is 7. The van der Waals surface area contributed by atoms with Crippen molar-refractivity contribution in [2.75, 3.05) is 7.05 Å². The lowest BCUT2D eigenvalue weighted by molar-refractivity contribution is 0.0785.